The molecular weight excluding hydrogens is 382 g/mol. The van der Waals surface area contributed by atoms with Crippen LogP contribution in [0.15, 0.2) is 47.5 Å². The summed E-state index contributed by atoms with van der Waals surface area (Å²) in [4.78, 5) is 20.9. The second-order valence-electron chi connectivity index (χ2n) is 7.66. The van der Waals surface area contributed by atoms with Crippen molar-refractivity contribution in [3.8, 4) is 0 Å². The zero-order valence-corrected chi connectivity index (χ0v) is 17.6. The van der Waals surface area contributed by atoms with Crippen molar-refractivity contribution < 1.29 is 9.53 Å². The fourth-order valence-corrected chi connectivity index (χ4v) is 5.09. The Bertz CT molecular complexity index is 817. The van der Waals surface area contributed by atoms with Crippen LogP contribution in [-0.4, -0.2) is 42.4 Å². The molecule has 0 spiro atoms. The molecule has 5 nitrogen and oxygen atoms in total. The van der Waals surface area contributed by atoms with Gasteiger partial charge >= 0.3 is 0 Å². The van der Waals surface area contributed by atoms with E-state index in [9.17, 15) is 4.79 Å². The largest absolute Gasteiger partial charge is 0.377 e. The van der Waals surface area contributed by atoms with Crippen molar-refractivity contribution in [3.05, 3.63) is 53.7 Å². The molecule has 2 aliphatic rings. The molecule has 0 aliphatic carbocycles. The molecule has 4 rings (SSSR count). The summed E-state index contributed by atoms with van der Waals surface area (Å²) in [6.45, 7) is 3.43. The van der Waals surface area contributed by atoms with Crippen molar-refractivity contribution >= 4 is 23.5 Å². The third kappa shape index (κ3) is 5.31. The first-order valence-electron chi connectivity index (χ1n) is 10.6. The van der Waals surface area contributed by atoms with Crippen molar-refractivity contribution in [2.75, 3.05) is 30.3 Å². The van der Waals surface area contributed by atoms with E-state index in [1.54, 1.807) is 11.8 Å². The predicted molar refractivity (Wildman–Crippen MR) is 118 cm³/mol. The molecule has 0 saturated carbocycles. The standard InChI is InChI=1S/C23H29N3O2S/c27-23(20-10-2-3-11-21(20)29-17-19-9-7-15-28-19)25-16-18-8-6-12-24-22(18)26-13-4-1-5-14-26/h2-3,6,8,10-12,19H,1,4-5,7,9,13-17H2,(H,25,27). The first-order valence-corrected chi connectivity index (χ1v) is 11.6. The van der Waals surface area contributed by atoms with Gasteiger partial charge in [0.2, 0.25) is 0 Å². The maximum atomic E-state index is 12.9. The van der Waals surface area contributed by atoms with Crippen LogP contribution in [0.2, 0.25) is 0 Å². The summed E-state index contributed by atoms with van der Waals surface area (Å²) in [7, 11) is 0. The number of nitrogens with one attached hydrogen (secondary N) is 1. The highest BCUT2D eigenvalue weighted by atomic mass is 32.2. The van der Waals surface area contributed by atoms with Crippen LogP contribution < -0.4 is 10.2 Å². The number of piperidine rings is 1. The normalized spacial score (nSPS) is 19.3. The van der Waals surface area contributed by atoms with Crippen LogP contribution in [-0.2, 0) is 11.3 Å². The first kappa shape index (κ1) is 20.2. The van der Waals surface area contributed by atoms with Crippen molar-refractivity contribution in [2.24, 2.45) is 0 Å². The molecule has 2 aromatic rings. The number of benzene rings is 1. The molecule has 2 fully saturated rings. The number of ether oxygens (including phenoxy) is 1. The van der Waals surface area contributed by atoms with Gasteiger partial charge in [-0.25, -0.2) is 4.98 Å². The Labute approximate surface area is 177 Å². The molecule has 0 radical (unpaired) electrons. The highest BCUT2D eigenvalue weighted by Crippen LogP contribution is 2.27. The first-order chi connectivity index (χ1) is 14.3. The van der Waals surface area contributed by atoms with Crippen LogP contribution in [0.5, 0.6) is 0 Å². The number of anilines is 1. The van der Waals surface area contributed by atoms with E-state index in [4.69, 9.17) is 4.74 Å². The summed E-state index contributed by atoms with van der Waals surface area (Å²) in [6.07, 6.45) is 8.09. The Kier molecular flexibility index (Phi) is 7.06. The zero-order chi connectivity index (χ0) is 19.9. The van der Waals surface area contributed by atoms with E-state index in [0.29, 0.717) is 12.6 Å². The SMILES string of the molecule is O=C(NCc1cccnc1N1CCCCC1)c1ccccc1SCC1CCCO1. The number of thioether (sulfide) groups is 1. The molecule has 1 atom stereocenters. The Morgan fingerprint density at radius 1 is 1.14 bits per heavy atom. The van der Waals surface area contributed by atoms with E-state index in [1.807, 2.05) is 36.5 Å². The quantitative estimate of drug-likeness (QED) is 0.690. The van der Waals surface area contributed by atoms with Gasteiger partial charge in [-0.15, -0.1) is 11.8 Å². The van der Waals surface area contributed by atoms with E-state index >= 15 is 0 Å². The molecular formula is C23H29N3O2S. The average Bonchev–Trinajstić information content (AvgIpc) is 3.31. The van der Waals surface area contributed by atoms with Crippen LogP contribution in [0, 0.1) is 0 Å². The van der Waals surface area contributed by atoms with Crippen molar-refractivity contribution in [3.63, 3.8) is 0 Å². The second-order valence-corrected chi connectivity index (χ2v) is 8.72. The minimum Gasteiger partial charge on any atom is -0.377 e. The molecule has 1 N–H and O–H groups in total. The van der Waals surface area contributed by atoms with Crippen molar-refractivity contribution in [1.82, 2.24) is 10.3 Å². The van der Waals surface area contributed by atoms with E-state index < -0.39 is 0 Å². The Morgan fingerprint density at radius 3 is 2.83 bits per heavy atom. The molecule has 3 heterocycles. The predicted octanol–water partition coefficient (Wildman–Crippen LogP) is 4.27. The van der Waals surface area contributed by atoms with Crippen molar-refractivity contribution in [1.29, 1.82) is 0 Å². The summed E-state index contributed by atoms with van der Waals surface area (Å²) >= 11 is 1.71. The topological polar surface area (TPSA) is 54.5 Å². The lowest BCUT2D eigenvalue weighted by atomic mass is 10.1. The summed E-state index contributed by atoms with van der Waals surface area (Å²) in [5.41, 5.74) is 1.81. The maximum absolute atomic E-state index is 12.9. The highest BCUT2D eigenvalue weighted by Gasteiger charge is 2.19. The van der Waals surface area contributed by atoms with Crippen LogP contribution in [0.3, 0.4) is 0 Å². The molecule has 0 bridgehead atoms. The smallest absolute Gasteiger partial charge is 0.252 e. The molecule has 6 heteroatoms. The second kappa shape index (κ2) is 10.1. The average molecular weight is 412 g/mol. The number of hydrogen-bond acceptors (Lipinski definition) is 5. The fraction of sp³-hybridized carbons (Fsp3) is 0.478. The number of carbonyl (C=O) groups excluding carboxylic acids is 1. The minimum atomic E-state index is -0.0334. The molecule has 1 aromatic carbocycles. The minimum absolute atomic E-state index is 0.0334. The Morgan fingerprint density at radius 2 is 2.00 bits per heavy atom. The number of pyridine rings is 1. The third-order valence-corrected chi connectivity index (χ3v) is 6.75. The highest BCUT2D eigenvalue weighted by molar-refractivity contribution is 7.99. The van der Waals surface area contributed by atoms with E-state index in [2.05, 4.69) is 21.3 Å². The van der Waals surface area contributed by atoms with E-state index in [-0.39, 0.29) is 5.91 Å². The molecule has 2 saturated heterocycles. The van der Waals surface area contributed by atoms with Gasteiger partial charge in [-0.05, 0) is 50.3 Å². The number of rotatable bonds is 7. The summed E-state index contributed by atoms with van der Waals surface area (Å²) in [5.74, 6) is 1.87. The molecule has 1 amide bonds. The molecule has 1 unspecified atom stereocenters. The summed E-state index contributed by atoms with van der Waals surface area (Å²) in [6, 6.07) is 11.9. The maximum Gasteiger partial charge on any atom is 0.252 e. The van der Waals surface area contributed by atoms with Crippen LogP contribution in [0.4, 0.5) is 5.82 Å². The Balaban J connectivity index is 1.40. The number of carbonyl (C=O) groups is 1. The van der Waals surface area contributed by atoms with Gasteiger partial charge in [-0.3, -0.25) is 4.79 Å². The van der Waals surface area contributed by atoms with Gasteiger partial charge in [0.1, 0.15) is 5.82 Å². The molecule has 2 aliphatic heterocycles. The number of aromatic nitrogens is 1. The lowest BCUT2D eigenvalue weighted by Gasteiger charge is -2.29. The van der Waals surface area contributed by atoms with E-state index in [0.717, 1.165) is 60.1 Å². The van der Waals surface area contributed by atoms with Gasteiger partial charge < -0.3 is 15.0 Å². The Hall–Kier alpha value is -2.05. The van der Waals surface area contributed by atoms with Crippen LogP contribution in [0.25, 0.3) is 0 Å². The van der Waals surface area contributed by atoms with Gasteiger partial charge in [0.05, 0.1) is 11.7 Å². The molecule has 29 heavy (non-hydrogen) atoms. The number of nitrogens with zero attached hydrogens (tertiary/aromatic N) is 2. The van der Waals surface area contributed by atoms with E-state index in [1.165, 1.54) is 19.3 Å². The zero-order valence-electron chi connectivity index (χ0n) is 16.8. The van der Waals surface area contributed by atoms with Crippen molar-refractivity contribution in [2.45, 2.75) is 49.6 Å². The third-order valence-electron chi connectivity index (χ3n) is 5.54. The molecule has 1 aromatic heterocycles. The van der Waals surface area contributed by atoms with Gasteiger partial charge in [0.25, 0.3) is 5.91 Å². The lowest BCUT2D eigenvalue weighted by Crippen LogP contribution is -2.32. The lowest BCUT2D eigenvalue weighted by molar-refractivity contribution is 0.0948. The van der Waals surface area contributed by atoms with Gasteiger partial charge in [-0.2, -0.15) is 0 Å². The fourth-order valence-electron chi connectivity index (χ4n) is 3.97. The number of hydrogen-bond donors (Lipinski definition) is 1. The van der Waals surface area contributed by atoms with Gasteiger partial charge in [0, 0.05) is 48.6 Å². The van der Waals surface area contributed by atoms with Crippen LogP contribution >= 0.6 is 11.8 Å². The van der Waals surface area contributed by atoms with Gasteiger partial charge in [0.15, 0.2) is 0 Å². The molecule has 154 valence electrons. The number of amides is 1. The summed E-state index contributed by atoms with van der Waals surface area (Å²) in [5, 5.41) is 3.11. The summed E-state index contributed by atoms with van der Waals surface area (Å²) < 4.78 is 5.72. The van der Waals surface area contributed by atoms with Gasteiger partial charge in [-0.1, -0.05) is 18.2 Å². The monoisotopic (exact) mass is 411 g/mol. The van der Waals surface area contributed by atoms with Crippen LogP contribution in [0.1, 0.15) is 48.0 Å².